The summed E-state index contributed by atoms with van der Waals surface area (Å²) >= 11 is 0. The molecule has 29 heavy (non-hydrogen) atoms. The Kier molecular flexibility index (Phi) is 6.43. The molecule has 1 aliphatic carbocycles. The molecule has 0 radical (unpaired) electrons. The number of rotatable bonds is 6. The minimum atomic E-state index is -0.675. The lowest BCUT2D eigenvalue weighted by molar-refractivity contribution is -0.143. The van der Waals surface area contributed by atoms with Crippen LogP contribution in [-0.2, 0) is 22.4 Å². The fraction of sp³-hybridized carbons (Fsp3) is 0.400. The summed E-state index contributed by atoms with van der Waals surface area (Å²) in [6.45, 7) is 3.59. The minimum absolute atomic E-state index is 0.232. The fourth-order valence-electron chi connectivity index (χ4n) is 4.52. The highest BCUT2D eigenvalue weighted by Crippen LogP contribution is 2.33. The molecular weight excluding hydrogens is 362 g/mol. The zero-order chi connectivity index (χ0) is 20.1. The molecule has 1 heterocycles. The number of carbonyl (C=O) groups is 1. The number of fused-ring (bicyclic) bond motifs is 2. The molecule has 152 valence electrons. The number of aryl methyl sites for hydroxylation is 2. The molecule has 2 aromatic carbocycles. The number of piperidine rings is 1. The standard InChI is InChI=1S/C25H29NO3/c27-25(28)21-8-5-14-26(18-21)15-17-29-16-13-24-22-9-3-1-6-19(22)11-12-20-7-2-4-10-23(20)24/h1-4,6-7,9-10,13,21H,5,8,11-12,14-18H2,(H,27,28)/t21-/m1/s1. The molecule has 1 aliphatic heterocycles. The lowest BCUT2D eigenvalue weighted by atomic mass is 9.94. The van der Waals surface area contributed by atoms with Gasteiger partial charge in [0, 0.05) is 13.1 Å². The van der Waals surface area contributed by atoms with Crippen molar-refractivity contribution >= 4 is 11.5 Å². The predicted octanol–water partition coefficient (Wildman–Crippen LogP) is 4.03. The Morgan fingerprint density at radius 3 is 2.38 bits per heavy atom. The second-order valence-corrected chi connectivity index (χ2v) is 7.99. The van der Waals surface area contributed by atoms with Gasteiger partial charge in [-0.05, 0) is 60.1 Å². The molecule has 0 saturated carbocycles. The van der Waals surface area contributed by atoms with Gasteiger partial charge in [-0.3, -0.25) is 4.79 Å². The Hall–Kier alpha value is -2.43. The van der Waals surface area contributed by atoms with Crippen molar-refractivity contribution in [1.29, 1.82) is 0 Å². The van der Waals surface area contributed by atoms with Gasteiger partial charge in [-0.15, -0.1) is 0 Å². The molecule has 0 bridgehead atoms. The molecular formula is C25H29NO3. The normalized spacial score (nSPS) is 19.2. The number of likely N-dealkylation sites (tertiary alicyclic amines) is 1. The quantitative estimate of drug-likeness (QED) is 0.756. The molecule has 1 N–H and O–H groups in total. The van der Waals surface area contributed by atoms with Crippen LogP contribution < -0.4 is 0 Å². The topological polar surface area (TPSA) is 49.8 Å². The highest BCUT2D eigenvalue weighted by atomic mass is 16.5. The number of carboxylic acids is 1. The van der Waals surface area contributed by atoms with Gasteiger partial charge < -0.3 is 14.7 Å². The maximum atomic E-state index is 11.2. The van der Waals surface area contributed by atoms with Crippen molar-refractivity contribution in [3.63, 3.8) is 0 Å². The van der Waals surface area contributed by atoms with Crippen molar-refractivity contribution in [2.24, 2.45) is 5.92 Å². The van der Waals surface area contributed by atoms with E-state index in [2.05, 4.69) is 59.5 Å². The van der Waals surface area contributed by atoms with Gasteiger partial charge in [-0.1, -0.05) is 54.6 Å². The van der Waals surface area contributed by atoms with Crippen LogP contribution in [0.1, 0.15) is 35.1 Å². The average Bonchev–Trinajstić information content (AvgIpc) is 2.91. The van der Waals surface area contributed by atoms with E-state index in [1.807, 2.05) is 0 Å². The van der Waals surface area contributed by atoms with Crippen LogP contribution in [-0.4, -0.2) is 48.8 Å². The van der Waals surface area contributed by atoms with E-state index in [0.717, 1.165) is 38.8 Å². The van der Waals surface area contributed by atoms with Crippen LogP contribution in [0.4, 0.5) is 0 Å². The first-order valence-electron chi connectivity index (χ1n) is 10.6. The van der Waals surface area contributed by atoms with Gasteiger partial charge >= 0.3 is 5.97 Å². The molecule has 0 amide bonds. The molecule has 0 aromatic heterocycles. The summed E-state index contributed by atoms with van der Waals surface area (Å²) in [5.41, 5.74) is 6.66. The van der Waals surface area contributed by atoms with Gasteiger partial charge in [0.1, 0.15) is 0 Å². The highest BCUT2D eigenvalue weighted by Gasteiger charge is 2.24. The van der Waals surface area contributed by atoms with E-state index in [0.29, 0.717) is 19.8 Å². The average molecular weight is 392 g/mol. The van der Waals surface area contributed by atoms with Crippen LogP contribution in [0, 0.1) is 5.92 Å². The summed E-state index contributed by atoms with van der Waals surface area (Å²) in [5, 5.41) is 9.23. The number of ether oxygens (including phenoxy) is 1. The zero-order valence-corrected chi connectivity index (χ0v) is 16.8. The smallest absolute Gasteiger partial charge is 0.307 e. The SMILES string of the molecule is O=C(O)[C@@H]1CCCN(CCOCC=C2c3ccccc3CCc3ccccc32)C1. The molecule has 0 spiro atoms. The Labute approximate surface area is 172 Å². The van der Waals surface area contributed by atoms with Crippen molar-refractivity contribution in [2.75, 3.05) is 32.8 Å². The van der Waals surface area contributed by atoms with E-state index in [4.69, 9.17) is 4.74 Å². The molecule has 4 rings (SSSR count). The van der Waals surface area contributed by atoms with Gasteiger partial charge in [-0.2, -0.15) is 0 Å². The zero-order valence-electron chi connectivity index (χ0n) is 16.8. The Morgan fingerprint density at radius 2 is 1.72 bits per heavy atom. The Bertz CT molecular complexity index is 840. The van der Waals surface area contributed by atoms with Crippen LogP contribution >= 0.6 is 0 Å². The summed E-state index contributed by atoms with van der Waals surface area (Å²) in [4.78, 5) is 13.4. The van der Waals surface area contributed by atoms with E-state index in [-0.39, 0.29) is 5.92 Å². The lowest BCUT2D eigenvalue weighted by Crippen LogP contribution is -2.40. The first kappa shape index (κ1) is 19.9. The first-order valence-corrected chi connectivity index (χ1v) is 10.6. The molecule has 0 unspecified atom stereocenters. The summed E-state index contributed by atoms with van der Waals surface area (Å²) in [6, 6.07) is 17.3. The van der Waals surface area contributed by atoms with Crippen LogP contribution in [0.3, 0.4) is 0 Å². The minimum Gasteiger partial charge on any atom is -0.481 e. The van der Waals surface area contributed by atoms with Crippen LogP contribution in [0.25, 0.3) is 5.57 Å². The number of benzene rings is 2. The predicted molar refractivity (Wildman–Crippen MR) is 115 cm³/mol. The van der Waals surface area contributed by atoms with Crippen LogP contribution in [0.2, 0.25) is 0 Å². The number of aliphatic carboxylic acids is 1. The Balaban J connectivity index is 1.40. The fourth-order valence-corrected chi connectivity index (χ4v) is 4.52. The first-order chi connectivity index (χ1) is 14.2. The molecule has 1 fully saturated rings. The molecule has 4 nitrogen and oxygen atoms in total. The van der Waals surface area contributed by atoms with Gasteiger partial charge in [0.25, 0.3) is 0 Å². The third-order valence-electron chi connectivity index (χ3n) is 6.09. The molecule has 2 aromatic rings. The van der Waals surface area contributed by atoms with Crippen molar-refractivity contribution in [1.82, 2.24) is 4.90 Å². The molecule has 2 aliphatic rings. The second kappa shape index (κ2) is 9.38. The monoisotopic (exact) mass is 391 g/mol. The second-order valence-electron chi connectivity index (χ2n) is 7.99. The van der Waals surface area contributed by atoms with Gasteiger partial charge in [0.05, 0.1) is 19.1 Å². The molecule has 4 heteroatoms. The van der Waals surface area contributed by atoms with E-state index in [1.54, 1.807) is 0 Å². The Morgan fingerprint density at radius 1 is 1.07 bits per heavy atom. The van der Waals surface area contributed by atoms with E-state index in [1.165, 1.54) is 27.8 Å². The van der Waals surface area contributed by atoms with Crippen molar-refractivity contribution in [3.05, 3.63) is 76.9 Å². The molecule has 1 atom stereocenters. The molecule has 1 saturated heterocycles. The van der Waals surface area contributed by atoms with E-state index >= 15 is 0 Å². The van der Waals surface area contributed by atoms with Crippen LogP contribution in [0.5, 0.6) is 0 Å². The number of carboxylic acid groups (broad SMARTS) is 1. The maximum absolute atomic E-state index is 11.2. The van der Waals surface area contributed by atoms with E-state index < -0.39 is 5.97 Å². The van der Waals surface area contributed by atoms with Gasteiger partial charge in [-0.25, -0.2) is 0 Å². The van der Waals surface area contributed by atoms with Crippen LogP contribution in [0.15, 0.2) is 54.6 Å². The lowest BCUT2D eigenvalue weighted by Gasteiger charge is -2.30. The number of nitrogens with zero attached hydrogens (tertiary/aromatic N) is 1. The van der Waals surface area contributed by atoms with E-state index in [9.17, 15) is 9.90 Å². The number of hydrogen-bond donors (Lipinski definition) is 1. The summed E-state index contributed by atoms with van der Waals surface area (Å²) in [7, 11) is 0. The number of hydrogen-bond acceptors (Lipinski definition) is 3. The summed E-state index contributed by atoms with van der Waals surface area (Å²) in [6.07, 6.45) is 6.07. The summed E-state index contributed by atoms with van der Waals surface area (Å²) in [5.74, 6) is -0.907. The van der Waals surface area contributed by atoms with Gasteiger partial charge in [0.2, 0.25) is 0 Å². The summed E-state index contributed by atoms with van der Waals surface area (Å²) < 4.78 is 5.94. The highest BCUT2D eigenvalue weighted by molar-refractivity contribution is 5.84. The van der Waals surface area contributed by atoms with Gasteiger partial charge in [0.15, 0.2) is 0 Å². The van der Waals surface area contributed by atoms with Crippen molar-refractivity contribution in [3.8, 4) is 0 Å². The van der Waals surface area contributed by atoms with Crippen molar-refractivity contribution in [2.45, 2.75) is 25.7 Å². The maximum Gasteiger partial charge on any atom is 0.307 e. The van der Waals surface area contributed by atoms with Crippen molar-refractivity contribution < 1.29 is 14.6 Å². The third-order valence-corrected chi connectivity index (χ3v) is 6.09. The largest absolute Gasteiger partial charge is 0.481 e. The third kappa shape index (κ3) is 4.77.